The summed E-state index contributed by atoms with van der Waals surface area (Å²) in [5, 5.41) is 3.65. The van der Waals surface area contributed by atoms with Crippen molar-refractivity contribution in [2.24, 2.45) is 5.92 Å². The van der Waals surface area contributed by atoms with Crippen molar-refractivity contribution in [1.29, 1.82) is 0 Å². The van der Waals surface area contributed by atoms with Crippen LogP contribution in [0.4, 0.5) is 11.6 Å². The van der Waals surface area contributed by atoms with E-state index in [2.05, 4.69) is 36.1 Å². The molecular formula is C11H19ClN4. The summed E-state index contributed by atoms with van der Waals surface area (Å²) in [7, 11) is 0. The zero-order valence-electron chi connectivity index (χ0n) is 10.00. The first kappa shape index (κ1) is 13.0. The molecule has 1 rings (SSSR count). The van der Waals surface area contributed by atoms with Gasteiger partial charge in [0.1, 0.15) is 17.2 Å². The molecule has 0 aliphatic heterocycles. The highest BCUT2D eigenvalue weighted by atomic mass is 35.5. The lowest BCUT2D eigenvalue weighted by molar-refractivity contribution is 0.483. The minimum Gasteiger partial charge on any atom is -0.382 e. The van der Waals surface area contributed by atoms with E-state index in [-0.39, 0.29) is 0 Å². The van der Waals surface area contributed by atoms with Crippen LogP contribution in [0.5, 0.6) is 0 Å². The van der Waals surface area contributed by atoms with Gasteiger partial charge in [0.2, 0.25) is 0 Å². The number of hydrogen-bond acceptors (Lipinski definition) is 4. The van der Waals surface area contributed by atoms with Crippen LogP contribution in [0.1, 0.15) is 33.6 Å². The number of anilines is 2. The lowest BCUT2D eigenvalue weighted by Gasteiger charge is -2.18. The zero-order chi connectivity index (χ0) is 12.1. The fourth-order valence-corrected chi connectivity index (χ4v) is 1.70. The van der Waals surface area contributed by atoms with E-state index in [0.29, 0.717) is 28.6 Å². The quantitative estimate of drug-likeness (QED) is 0.833. The summed E-state index contributed by atoms with van der Waals surface area (Å²) in [6.45, 7) is 6.53. The van der Waals surface area contributed by atoms with Gasteiger partial charge in [-0.25, -0.2) is 9.97 Å². The standard InChI is InChI=1S/C11H19ClN4/c1-4-7(2)5-8(3)16-11-9(12)10(13)14-6-15-11/h6-8H,4-5H2,1-3H3,(H3,13,14,15,16). The molecule has 0 aliphatic rings. The molecule has 4 nitrogen and oxygen atoms in total. The van der Waals surface area contributed by atoms with E-state index >= 15 is 0 Å². The third-order valence-electron chi connectivity index (χ3n) is 2.65. The first-order valence-electron chi connectivity index (χ1n) is 5.57. The molecule has 1 aromatic rings. The maximum Gasteiger partial charge on any atom is 0.150 e. The van der Waals surface area contributed by atoms with Crippen LogP contribution in [0.25, 0.3) is 0 Å². The molecule has 5 heteroatoms. The van der Waals surface area contributed by atoms with Gasteiger partial charge in [-0.3, -0.25) is 0 Å². The van der Waals surface area contributed by atoms with Gasteiger partial charge in [0.05, 0.1) is 0 Å². The van der Waals surface area contributed by atoms with Crippen molar-refractivity contribution in [3.63, 3.8) is 0 Å². The number of nitrogens with two attached hydrogens (primary N) is 1. The SMILES string of the molecule is CCC(C)CC(C)Nc1ncnc(N)c1Cl. The van der Waals surface area contributed by atoms with Crippen LogP contribution in [-0.2, 0) is 0 Å². The fourth-order valence-electron chi connectivity index (χ4n) is 1.55. The average Bonchev–Trinajstić information content (AvgIpc) is 2.24. The Labute approximate surface area is 102 Å². The summed E-state index contributed by atoms with van der Waals surface area (Å²) < 4.78 is 0. The largest absolute Gasteiger partial charge is 0.382 e. The molecule has 0 amide bonds. The van der Waals surface area contributed by atoms with Crippen molar-refractivity contribution in [2.45, 2.75) is 39.7 Å². The van der Waals surface area contributed by atoms with E-state index in [1.165, 1.54) is 12.7 Å². The predicted octanol–water partition coefficient (Wildman–Crippen LogP) is 2.95. The van der Waals surface area contributed by atoms with Gasteiger partial charge in [-0.15, -0.1) is 0 Å². The molecule has 0 saturated heterocycles. The molecule has 3 N–H and O–H groups in total. The second-order valence-electron chi connectivity index (χ2n) is 4.22. The van der Waals surface area contributed by atoms with E-state index in [1.54, 1.807) is 0 Å². The molecule has 0 radical (unpaired) electrons. The fraction of sp³-hybridized carbons (Fsp3) is 0.636. The summed E-state index contributed by atoms with van der Waals surface area (Å²) in [4.78, 5) is 7.90. The van der Waals surface area contributed by atoms with Crippen LogP contribution < -0.4 is 11.1 Å². The van der Waals surface area contributed by atoms with E-state index in [4.69, 9.17) is 17.3 Å². The third-order valence-corrected chi connectivity index (χ3v) is 3.03. The van der Waals surface area contributed by atoms with E-state index < -0.39 is 0 Å². The molecule has 0 fully saturated rings. The summed E-state index contributed by atoms with van der Waals surface area (Å²) in [6, 6.07) is 0.321. The van der Waals surface area contributed by atoms with Crippen LogP contribution in [-0.4, -0.2) is 16.0 Å². The lowest BCUT2D eigenvalue weighted by Crippen LogP contribution is -2.19. The van der Waals surface area contributed by atoms with Crippen molar-refractivity contribution in [1.82, 2.24) is 9.97 Å². The van der Waals surface area contributed by atoms with Crippen molar-refractivity contribution >= 4 is 23.2 Å². The Hall–Kier alpha value is -1.03. The van der Waals surface area contributed by atoms with Crippen molar-refractivity contribution in [3.8, 4) is 0 Å². The van der Waals surface area contributed by atoms with Crippen LogP contribution in [0.15, 0.2) is 6.33 Å². The molecular weight excluding hydrogens is 224 g/mol. The molecule has 90 valence electrons. The number of nitrogens with zero attached hydrogens (tertiary/aromatic N) is 2. The first-order chi connectivity index (χ1) is 7.54. The van der Waals surface area contributed by atoms with Gasteiger partial charge in [-0.2, -0.15) is 0 Å². The molecule has 2 unspecified atom stereocenters. The van der Waals surface area contributed by atoms with Gasteiger partial charge in [0.25, 0.3) is 0 Å². The monoisotopic (exact) mass is 242 g/mol. The molecule has 2 atom stereocenters. The molecule has 0 bridgehead atoms. The molecule has 0 spiro atoms. The first-order valence-corrected chi connectivity index (χ1v) is 5.94. The normalized spacial score (nSPS) is 14.5. The Bertz CT molecular complexity index is 343. The van der Waals surface area contributed by atoms with Gasteiger partial charge in [0.15, 0.2) is 5.82 Å². The molecule has 1 heterocycles. The number of aromatic nitrogens is 2. The maximum absolute atomic E-state index is 6.00. The number of rotatable bonds is 5. The molecule has 0 saturated carbocycles. The van der Waals surface area contributed by atoms with E-state index in [0.717, 1.165) is 6.42 Å². The van der Waals surface area contributed by atoms with Gasteiger partial charge < -0.3 is 11.1 Å². The smallest absolute Gasteiger partial charge is 0.150 e. The Kier molecular flexibility index (Phi) is 4.80. The van der Waals surface area contributed by atoms with Crippen molar-refractivity contribution < 1.29 is 0 Å². The minimum absolute atomic E-state index is 0.315. The van der Waals surface area contributed by atoms with Gasteiger partial charge in [0, 0.05) is 6.04 Å². The highest BCUT2D eigenvalue weighted by Crippen LogP contribution is 2.24. The molecule has 0 aliphatic carbocycles. The number of nitrogens with one attached hydrogen (secondary N) is 1. The van der Waals surface area contributed by atoms with Crippen LogP contribution in [0, 0.1) is 5.92 Å². The van der Waals surface area contributed by atoms with Gasteiger partial charge in [-0.05, 0) is 19.3 Å². The van der Waals surface area contributed by atoms with Crippen LogP contribution in [0.3, 0.4) is 0 Å². The summed E-state index contributed by atoms with van der Waals surface area (Å²) in [6.07, 6.45) is 3.67. The highest BCUT2D eigenvalue weighted by Gasteiger charge is 2.11. The molecule has 0 aromatic carbocycles. The molecule has 1 aromatic heterocycles. The van der Waals surface area contributed by atoms with Crippen LogP contribution >= 0.6 is 11.6 Å². The number of halogens is 1. The van der Waals surface area contributed by atoms with Gasteiger partial charge in [-0.1, -0.05) is 31.9 Å². The highest BCUT2D eigenvalue weighted by molar-refractivity contribution is 6.35. The zero-order valence-corrected chi connectivity index (χ0v) is 10.8. The van der Waals surface area contributed by atoms with Gasteiger partial charge >= 0.3 is 0 Å². The van der Waals surface area contributed by atoms with Crippen LogP contribution in [0.2, 0.25) is 5.02 Å². The molecule has 16 heavy (non-hydrogen) atoms. The Morgan fingerprint density at radius 2 is 2.12 bits per heavy atom. The minimum atomic E-state index is 0.315. The van der Waals surface area contributed by atoms with E-state index in [9.17, 15) is 0 Å². The summed E-state index contributed by atoms with van der Waals surface area (Å²) in [5.41, 5.74) is 5.60. The third kappa shape index (κ3) is 3.52. The number of nitrogen functional groups attached to an aromatic ring is 1. The Balaban J connectivity index is 2.62. The van der Waals surface area contributed by atoms with E-state index in [1.807, 2.05) is 0 Å². The summed E-state index contributed by atoms with van der Waals surface area (Å²) >= 11 is 6.00. The topological polar surface area (TPSA) is 63.8 Å². The maximum atomic E-state index is 6.00. The van der Waals surface area contributed by atoms with Crippen molar-refractivity contribution in [2.75, 3.05) is 11.1 Å². The Morgan fingerprint density at radius 3 is 2.75 bits per heavy atom. The van der Waals surface area contributed by atoms with Crippen molar-refractivity contribution in [3.05, 3.63) is 11.3 Å². The average molecular weight is 243 g/mol. The number of hydrogen-bond donors (Lipinski definition) is 2. The Morgan fingerprint density at radius 1 is 1.44 bits per heavy atom. The summed E-state index contributed by atoms with van der Waals surface area (Å²) in [5.74, 6) is 1.61. The second-order valence-corrected chi connectivity index (χ2v) is 4.59. The second kappa shape index (κ2) is 5.89. The predicted molar refractivity (Wildman–Crippen MR) is 68.6 cm³/mol. The lowest BCUT2D eigenvalue weighted by atomic mass is 10.0.